The molecule has 8 heteroatoms. The van der Waals surface area contributed by atoms with Crippen molar-refractivity contribution in [1.29, 1.82) is 0 Å². The van der Waals surface area contributed by atoms with E-state index in [9.17, 15) is 9.59 Å². The van der Waals surface area contributed by atoms with Crippen molar-refractivity contribution in [2.24, 2.45) is 10.9 Å². The number of rotatable bonds is 12. The van der Waals surface area contributed by atoms with Crippen LogP contribution in [0.4, 0.5) is 0 Å². The maximum absolute atomic E-state index is 14.2. The SMILES string of the molecule is CC(C)(C)OC(=O)CC[C@@]1(C(=O)NCC2CCCCC2)N=C(c2ccc(OCCCO)cc2)O[C@@H]1c1ccccc1. The van der Waals surface area contributed by atoms with Crippen LogP contribution in [0, 0.1) is 5.92 Å². The Morgan fingerprint density at radius 3 is 2.41 bits per heavy atom. The first-order chi connectivity index (χ1) is 19.7. The van der Waals surface area contributed by atoms with Gasteiger partial charge in [-0.25, -0.2) is 4.99 Å². The summed E-state index contributed by atoms with van der Waals surface area (Å²) < 4.78 is 17.8. The number of aliphatic hydroxyl groups is 1. The molecule has 0 unspecified atom stereocenters. The predicted molar refractivity (Wildman–Crippen MR) is 158 cm³/mol. The number of nitrogens with one attached hydrogen (secondary N) is 1. The van der Waals surface area contributed by atoms with E-state index in [0.717, 1.165) is 18.4 Å². The van der Waals surface area contributed by atoms with Crippen LogP contribution in [-0.2, 0) is 19.1 Å². The molecule has 0 aromatic heterocycles. The van der Waals surface area contributed by atoms with Gasteiger partial charge in [-0.15, -0.1) is 0 Å². The zero-order valence-electron chi connectivity index (χ0n) is 24.6. The fourth-order valence-corrected chi connectivity index (χ4v) is 5.46. The molecule has 1 saturated carbocycles. The van der Waals surface area contributed by atoms with Crippen molar-refractivity contribution in [2.45, 2.75) is 89.4 Å². The number of carbonyl (C=O) groups is 2. The van der Waals surface area contributed by atoms with Crippen molar-refractivity contribution >= 4 is 17.8 Å². The lowest BCUT2D eigenvalue weighted by molar-refractivity contribution is -0.155. The van der Waals surface area contributed by atoms with Crippen LogP contribution < -0.4 is 10.1 Å². The summed E-state index contributed by atoms with van der Waals surface area (Å²) in [7, 11) is 0. The molecule has 8 nitrogen and oxygen atoms in total. The minimum absolute atomic E-state index is 0.0230. The van der Waals surface area contributed by atoms with Gasteiger partial charge < -0.3 is 24.6 Å². The number of hydrogen-bond acceptors (Lipinski definition) is 7. The first kappa shape index (κ1) is 30.6. The number of benzene rings is 2. The van der Waals surface area contributed by atoms with Crippen LogP contribution >= 0.6 is 0 Å². The number of hydrogen-bond donors (Lipinski definition) is 2. The predicted octanol–water partition coefficient (Wildman–Crippen LogP) is 5.52. The third kappa shape index (κ3) is 8.32. The fourth-order valence-electron chi connectivity index (χ4n) is 5.46. The summed E-state index contributed by atoms with van der Waals surface area (Å²) >= 11 is 0. The molecule has 1 fully saturated rings. The maximum atomic E-state index is 14.2. The minimum atomic E-state index is -1.35. The second kappa shape index (κ2) is 14.0. The van der Waals surface area contributed by atoms with Gasteiger partial charge in [0, 0.05) is 31.6 Å². The van der Waals surface area contributed by atoms with Crippen LogP contribution in [-0.4, -0.2) is 53.8 Å². The molecule has 2 aromatic carbocycles. The van der Waals surface area contributed by atoms with E-state index in [1.807, 2.05) is 75.4 Å². The highest BCUT2D eigenvalue weighted by molar-refractivity contribution is 6.01. The normalized spacial score (nSPS) is 21.1. The average molecular weight is 565 g/mol. The van der Waals surface area contributed by atoms with Crippen LogP contribution in [0.3, 0.4) is 0 Å². The molecule has 1 heterocycles. The summed E-state index contributed by atoms with van der Waals surface area (Å²) in [6, 6.07) is 16.9. The van der Waals surface area contributed by atoms with Crippen LogP contribution in [0.25, 0.3) is 0 Å². The molecule has 2 aliphatic rings. The highest BCUT2D eigenvalue weighted by Crippen LogP contribution is 2.43. The number of ether oxygens (including phenoxy) is 3. The van der Waals surface area contributed by atoms with E-state index in [1.54, 1.807) is 0 Å². The summed E-state index contributed by atoms with van der Waals surface area (Å²) in [5, 5.41) is 12.2. The highest BCUT2D eigenvalue weighted by atomic mass is 16.6. The van der Waals surface area contributed by atoms with E-state index < -0.39 is 17.2 Å². The average Bonchev–Trinajstić information content (AvgIpc) is 3.36. The molecule has 2 N–H and O–H groups in total. The Hall–Kier alpha value is -3.39. The van der Waals surface area contributed by atoms with Crippen molar-refractivity contribution in [1.82, 2.24) is 5.32 Å². The zero-order chi connectivity index (χ0) is 29.3. The standard InChI is InChI=1S/C33H44N2O6/c1-32(2,3)41-28(37)19-20-33(31(38)34-23-24-11-6-4-7-12-24)29(25-13-8-5-9-14-25)40-30(35-33)26-15-17-27(18-16-26)39-22-10-21-36/h5,8-9,13-18,24,29,36H,4,6-7,10-12,19-23H2,1-3H3,(H,34,38)/t29-,33-/m1/s1. The summed E-state index contributed by atoms with van der Waals surface area (Å²) in [5.74, 6) is 0.839. The molecule has 0 saturated heterocycles. The number of nitrogens with zero attached hydrogens (tertiary/aromatic N) is 1. The van der Waals surface area contributed by atoms with E-state index in [4.69, 9.17) is 24.3 Å². The van der Waals surface area contributed by atoms with E-state index in [-0.39, 0.29) is 31.3 Å². The van der Waals surface area contributed by atoms with Crippen molar-refractivity contribution in [2.75, 3.05) is 19.8 Å². The van der Waals surface area contributed by atoms with Gasteiger partial charge >= 0.3 is 5.97 Å². The quantitative estimate of drug-likeness (QED) is 0.260. The number of esters is 1. The van der Waals surface area contributed by atoms with Crippen molar-refractivity contribution in [3.8, 4) is 5.75 Å². The van der Waals surface area contributed by atoms with Gasteiger partial charge in [-0.1, -0.05) is 49.6 Å². The smallest absolute Gasteiger partial charge is 0.306 e. The van der Waals surface area contributed by atoms with Gasteiger partial charge in [0.15, 0.2) is 11.6 Å². The van der Waals surface area contributed by atoms with Crippen molar-refractivity contribution in [3.05, 3.63) is 65.7 Å². The number of aliphatic hydroxyl groups excluding tert-OH is 1. The van der Waals surface area contributed by atoms with Gasteiger partial charge in [-0.2, -0.15) is 0 Å². The van der Waals surface area contributed by atoms with E-state index in [2.05, 4.69) is 5.32 Å². The van der Waals surface area contributed by atoms with Gasteiger partial charge in [0.05, 0.1) is 6.61 Å². The third-order valence-corrected chi connectivity index (χ3v) is 7.54. The molecule has 41 heavy (non-hydrogen) atoms. The molecule has 2 atom stereocenters. The summed E-state index contributed by atoms with van der Waals surface area (Å²) in [6.45, 7) is 6.55. The molecule has 1 amide bonds. The Balaban J connectivity index is 1.66. The minimum Gasteiger partial charge on any atom is -0.494 e. The molecule has 0 bridgehead atoms. The zero-order valence-corrected chi connectivity index (χ0v) is 24.6. The van der Waals surface area contributed by atoms with Gasteiger partial charge in [0.2, 0.25) is 5.90 Å². The van der Waals surface area contributed by atoms with Crippen LogP contribution in [0.1, 0.15) is 89.4 Å². The molecule has 4 rings (SSSR count). The summed E-state index contributed by atoms with van der Waals surface area (Å²) in [6.07, 6.45) is 5.81. The summed E-state index contributed by atoms with van der Waals surface area (Å²) in [4.78, 5) is 32.0. The summed E-state index contributed by atoms with van der Waals surface area (Å²) in [5.41, 5.74) is -0.459. The van der Waals surface area contributed by atoms with Crippen LogP contribution in [0.5, 0.6) is 5.75 Å². The molecule has 2 aromatic rings. The maximum Gasteiger partial charge on any atom is 0.306 e. The first-order valence-corrected chi connectivity index (χ1v) is 14.9. The molecule has 1 aliphatic heterocycles. The Morgan fingerprint density at radius 2 is 1.76 bits per heavy atom. The fraction of sp³-hybridized carbons (Fsp3) is 0.545. The van der Waals surface area contributed by atoms with Crippen molar-refractivity contribution in [3.63, 3.8) is 0 Å². The largest absolute Gasteiger partial charge is 0.494 e. The van der Waals surface area contributed by atoms with Gasteiger partial charge in [-0.3, -0.25) is 9.59 Å². The molecular weight excluding hydrogens is 520 g/mol. The number of amides is 1. The Bertz CT molecular complexity index is 1170. The second-order valence-corrected chi connectivity index (χ2v) is 12.0. The monoisotopic (exact) mass is 564 g/mol. The Morgan fingerprint density at radius 1 is 1.05 bits per heavy atom. The molecule has 1 aliphatic carbocycles. The third-order valence-electron chi connectivity index (χ3n) is 7.54. The van der Waals surface area contributed by atoms with Gasteiger partial charge in [-0.05, 0) is 75.8 Å². The van der Waals surface area contributed by atoms with E-state index in [1.165, 1.54) is 19.3 Å². The van der Waals surface area contributed by atoms with E-state index >= 15 is 0 Å². The van der Waals surface area contributed by atoms with Gasteiger partial charge in [0.25, 0.3) is 5.91 Å². The molecule has 0 radical (unpaired) electrons. The Kier molecular flexibility index (Phi) is 10.4. The highest BCUT2D eigenvalue weighted by Gasteiger charge is 2.53. The molecule has 0 spiro atoms. The van der Waals surface area contributed by atoms with Crippen molar-refractivity contribution < 1.29 is 28.9 Å². The second-order valence-electron chi connectivity index (χ2n) is 12.0. The van der Waals surface area contributed by atoms with Crippen LogP contribution in [0.15, 0.2) is 59.6 Å². The first-order valence-electron chi connectivity index (χ1n) is 14.9. The number of carbonyl (C=O) groups excluding carboxylic acids is 2. The Labute approximate surface area is 243 Å². The lowest BCUT2D eigenvalue weighted by Crippen LogP contribution is -2.50. The topological polar surface area (TPSA) is 106 Å². The van der Waals surface area contributed by atoms with Crippen LogP contribution in [0.2, 0.25) is 0 Å². The number of aliphatic imine (C=N–C) groups is 1. The lowest BCUT2D eigenvalue weighted by atomic mass is 9.82. The lowest BCUT2D eigenvalue weighted by Gasteiger charge is -2.32. The molecule has 222 valence electrons. The van der Waals surface area contributed by atoms with E-state index in [0.29, 0.717) is 42.7 Å². The molecular formula is C33H44N2O6. The van der Waals surface area contributed by atoms with Gasteiger partial charge in [0.1, 0.15) is 11.4 Å².